The lowest BCUT2D eigenvalue weighted by Crippen LogP contribution is -2.02. The maximum atomic E-state index is 14.4. The Bertz CT molecular complexity index is 1120. The fraction of sp³-hybridized carbons (Fsp3) is 0. The lowest BCUT2D eigenvalue weighted by Gasteiger charge is -2.21. The number of aromatic nitrogens is 1. The van der Waals surface area contributed by atoms with Crippen molar-refractivity contribution in [3.63, 3.8) is 0 Å². The first-order valence-electron chi connectivity index (χ1n) is 7.22. The van der Waals surface area contributed by atoms with Gasteiger partial charge in [0.25, 0.3) is 0 Å². The van der Waals surface area contributed by atoms with Crippen molar-refractivity contribution in [3.8, 4) is 22.8 Å². The number of ether oxygens (including phenoxy) is 1. The lowest BCUT2D eigenvalue weighted by molar-refractivity contribution is 0.480. The summed E-state index contributed by atoms with van der Waals surface area (Å²) in [5.74, 6) is 0.152. The fourth-order valence-electron chi connectivity index (χ4n) is 3.22. The Morgan fingerprint density at radius 3 is 2.35 bits per heavy atom. The smallest absolute Gasteiger partial charge is 0.149 e. The van der Waals surface area contributed by atoms with Gasteiger partial charge >= 0.3 is 0 Å². The van der Waals surface area contributed by atoms with Crippen LogP contribution in [0.25, 0.3) is 32.9 Å². The highest BCUT2D eigenvalue weighted by molar-refractivity contribution is 6.14. The van der Waals surface area contributed by atoms with E-state index in [9.17, 15) is 8.78 Å². The number of halogens is 2. The molecule has 1 aliphatic rings. The monoisotopic (exact) mass is 305 g/mol. The van der Waals surface area contributed by atoms with Gasteiger partial charge in [0.05, 0.1) is 16.6 Å². The van der Waals surface area contributed by atoms with Crippen LogP contribution >= 0.6 is 0 Å². The van der Waals surface area contributed by atoms with Crippen molar-refractivity contribution in [1.82, 2.24) is 4.98 Å². The Balaban J connectivity index is 2.08. The number of hydrogen-bond acceptors (Lipinski definition) is 2. The van der Waals surface area contributed by atoms with Gasteiger partial charge in [-0.25, -0.2) is 13.8 Å². The molecule has 110 valence electrons. The highest BCUT2D eigenvalue weighted by atomic mass is 19.1. The quantitative estimate of drug-likeness (QED) is 0.355. The van der Waals surface area contributed by atoms with E-state index in [1.54, 1.807) is 18.2 Å². The number of nitrogens with zero attached hydrogens (tertiary/aromatic N) is 1. The summed E-state index contributed by atoms with van der Waals surface area (Å²) in [5, 5.41) is 2.20. The van der Waals surface area contributed by atoms with Crippen molar-refractivity contribution in [3.05, 3.63) is 66.2 Å². The van der Waals surface area contributed by atoms with Gasteiger partial charge in [0, 0.05) is 5.39 Å². The van der Waals surface area contributed by atoms with Crippen LogP contribution in [0, 0.1) is 11.6 Å². The van der Waals surface area contributed by atoms with E-state index in [1.165, 1.54) is 12.1 Å². The Labute approximate surface area is 130 Å². The average Bonchev–Trinajstić information content (AvgIpc) is 2.56. The molecule has 23 heavy (non-hydrogen) atoms. The molecule has 1 aliphatic heterocycles. The maximum absolute atomic E-state index is 14.4. The van der Waals surface area contributed by atoms with Crippen LogP contribution in [0.15, 0.2) is 54.6 Å². The standard InChI is InChI=1S/C19H9F2NO/c20-12-6-3-9-15-17(12)19-16-10(4-2-8-14(16)23-15)11-5-1-7-13(21)18(11)22-19/h1-9H. The van der Waals surface area contributed by atoms with Crippen molar-refractivity contribution in [2.45, 2.75) is 0 Å². The summed E-state index contributed by atoms with van der Waals surface area (Å²) >= 11 is 0. The maximum Gasteiger partial charge on any atom is 0.149 e. The molecule has 2 heterocycles. The number of para-hydroxylation sites is 1. The van der Waals surface area contributed by atoms with Gasteiger partial charge in [0.1, 0.15) is 28.7 Å². The highest BCUT2D eigenvalue weighted by Crippen LogP contribution is 2.47. The zero-order valence-corrected chi connectivity index (χ0v) is 11.8. The molecule has 3 aromatic carbocycles. The van der Waals surface area contributed by atoms with E-state index >= 15 is 0 Å². The molecule has 4 aromatic rings. The first-order valence-corrected chi connectivity index (χ1v) is 7.22. The van der Waals surface area contributed by atoms with E-state index in [4.69, 9.17) is 4.74 Å². The Morgan fingerprint density at radius 1 is 0.739 bits per heavy atom. The Hall–Kier alpha value is -3.01. The van der Waals surface area contributed by atoms with Crippen molar-refractivity contribution < 1.29 is 13.5 Å². The number of hydrogen-bond donors (Lipinski definition) is 0. The predicted molar refractivity (Wildman–Crippen MR) is 84.7 cm³/mol. The predicted octanol–water partition coefficient (Wildman–Crippen LogP) is 5.44. The van der Waals surface area contributed by atoms with Gasteiger partial charge in [-0.05, 0) is 29.7 Å². The van der Waals surface area contributed by atoms with Crippen LogP contribution in [0.1, 0.15) is 0 Å². The first kappa shape index (κ1) is 12.5. The minimum atomic E-state index is -0.429. The van der Waals surface area contributed by atoms with Gasteiger partial charge in [-0.3, -0.25) is 0 Å². The lowest BCUT2D eigenvalue weighted by atomic mass is 9.96. The zero-order valence-electron chi connectivity index (χ0n) is 11.8. The number of fused-ring (bicyclic) bond motifs is 4. The van der Waals surface area contributed by atoms with Crippen molar-refractivity contribution in [2.24, 2.45) is 0 Å². The summed E-state index contributed by atoms with van der Waals surface area (Å²) in [5.41, 5.74) is 0.942. The van der Waals surface area contributed by atoms with E-state index in [0.29, 0.717) is 28.0 Å². The fourth-order valence-corrected chi connectivity index (χ4v) is 3.22. The molecule has 0 radical (unpaired) electrons. The molecule has 0 saturated carbocycles. The molecule has 5 rings (SSSR count). The molecule has 2 nitrogen and oxygen atoms in total. The molecule has 4 heteroatoms. The third-order valence-electron chi connectivity index (χ3n) is 4.20. The van der Waals surface area contributed by atoms with Crippen LogP contribution in [0.5, 0.6) is 11.5 Å². The molecule has 0 atom stereocenters. The van der Waals surface area contributed by atoms with E-state index in [1.807, 2.05) is 24.3 Å². The minimum Gasteiger partial charge on any atom is -0.456 e. The highest BCUT2D eigenvalue weighted by Gasteiger charge is 2.25. The molecule has 0 saturated heterocycles. The van der Waals surface area contributed by atoms with Crippen LogP contribution in [0.4, 0.5) is 8.78 Å². The molecule has 0 bridgehead atoms. The van der Waals surface area contributed by atoms with Crippen molar-refractivity contribution in [2.75, 3.05) is 0 Å². The SMILES string of the molecule is Fc1cccc2c1-c1nc3c(F)cccc3c3cccc(c13)O2. The van der Waals surface area contributed by atoms with Gasteiger partial charge in [-0.2, -0.15) is 0 Å². The van der Waals surface area contributed by atoms with E-state index in [0.717, 1.165) is 5.39 Å². The van der Waals surface area contributed by atoms with Gasteiger partial charge in [0.15, 0.2) is 0 Å². The number of benzene rings is 3. The summed E-state index contributed by atoms with van der Waals surface area (Å²) in [7, 11) is 0. The Morgan fingerprint density at radius 2 is 1.43 bits per heavy atom. The second kappa shape index (κ2) is 4.26. The van der Waals surface area contributed by atoms with Gasteiger partial charge in [-0.15, -0.1) is 0 Å². The molecule has 0 amide bonds. The molecular weight excluding hydrogens is 296 g/mol. The summed E-state index contributed by atoms with van der Waals surface area (Å²) in [4.78, 5) is 4.44. The third kappa shape index (κ3) is 1.58. The van der Waals surface area contributed by atoms with Crippen LogP contribution in [0.3, 0.4) is 0 Å². The van der Waals surface area contributed by atoms with Gasteiger partial charge in [0.2, 0.25) is 0 Å². The molecule has 1 aromatic heterocycles. The number of rotatable bonds is 0. The summed E-state index contributed by atoms with van der Waals surface area (Å²) in [6.45, 7) is 0. The minimum absolute atomic E-state index is 0.239. The van der Waals surface area contributed by atoms with E-state index in [2.05, 4.69) is 4.98 Å². The zero-order chi connectivity index (χ0) is 15.6. The Kier molecular flexibility index (Phi) is 2.32. The van der Waals surface area contributed by atoms with E-state index in [-0.39, 0.29) is 11.1 Å². The average molecular weight is 305 g/mol. The van der Waals surface area contributed by atoms with Crippen LogP contribution in [-0.2, 0) is 0 Å². The molecule has 0 fully saturated rings. The topological polar surface area (TPSA) is 22.1 Å². The van der Waals surface area contributed by atoms with Crippen LogP contribution in [-0.4, -0.2) is 4.98 Å². The van der Waals surface area contributed by atoms with Crippen molar-refractivity contribution >= 4 is 21.7 Å². The van der Waals surface area contributed by atoms with Gasteiger partial charge in [-0.1, -0.05) is 30.3 Å². The molecular formula is C19H9F2NO. The molecule has 0 unspecified atom stereocenters. The molecule has 0 aliphatic carbocycles. The van der Waals surface area contributed by atoms with Crippen LogP contribution in [0.2, 0.25) is 0 Å². The van der Waals surface area contributed by atoms with Gasteiger partial charge < -0.3 is 4.74 Å². The second-order valence-electron chi connectivity index (χ2n) is 5.49. The molecule has 0 spiro atoms. The normalized spacial score (nSPS) is 12.3. The van der Waals surface area contributed by atoms with E-state index < -0.39 is 11.6 Å². The summed E-state index contributed by atoms with van der Waals surface area (Å²) < 4.78 is 34.5. The largest absolute Gasteiger partial charge is 0.456 e. The van der Waals surface area contributed by atoms with Crippen molar-refractivity contribution in [1.29, 1.82) is 0 Å². The summed E-state index contributed by atoms with van der Waals surface area (Å²) in [6.07, 6.45) is 0. The second-order valence-corrected chi connectivity index (χ2v) is 5.49. The molecule has 0 N–H and O–H groups in total. The number of pyridine rings is 1. The first-order chi connectivity index (χ1) is 11.2. The third-order valence-corrected chi connectivity index (χ3v) is 4.20. The van der Waals surface area contributed by atoms with Crippen LogP contribution < -0.4 is 4.74 Å². The summed E-state index contributed by atoms with van der Waals surface area (Å²) in [6, 6.07) is 15.0.